The van der Waals surface area contributed by atoms with Crippen molar-refractivity contribution in [1.29, 1.82) is 0 Å². The van der Waals surface area contributed by atoms with Crippen molar-refractivity contribution in [1.82, 2.24) is 9.80 Å². The van der Waals surface area contributed by atoms with Crippen LogP contribution in [0.2, 0.25) is 10.0 Å². The van der Waals surface area contributed by atoms with E-state index < -0.39 is 0 Å². The first-order chi connectivity index (χ1) is 12.4. The molecule has 0 spiro atoms. The minimum Gasteiger partial charge on any atom is -0.341 e. The maximum Gasteiger partial charge on any atom is 0.254 e. The van der Waals surface area contributed by atoms with Gasteiger partial charge in [-0.2, -0.15) is 0 Å². The molecule has 2 fully saturated rings. The molecule has 2 N–H and O–H groups in total. The summed E-state index contributed by atoms with van der Waals surface area (Å²) in [4.78, 5) is 29.5. The Labute approximate surface area is 164 Å². The van der Waals surface area contributed by atoms with Gasteiger partial charge in [-0.3, -0.25) is 9.59 Å². The van der Waals surface area contributed by atoms with Crippen molar-refractivity contribution >= 4 is 35.0 Å². The van der Waals surface area contributed by atoms with Gasteiger partial charge in [-0.15, -0.1) is 0 Å². The Hall–Kier alpha value is -1.30. The van der Waals surface area contributed by atoms with Crippen LogP contribution in [0.1, 0.15) is 43.0 Å². The van der Waals surface area contributed by atoms with Gasteiger partial charge in [-0.1, -0.05) is 23.2 Å². The van der Waals surface area contributed by atoms with Crippen LogP contribution in [0.15, 0.2) is 18.2 Å². The molecular formula is C19H25Cl2N3O2. The molecule has 0 bridgehead atoms. The fraction of sp³-hybridized carbons (Fsp3) is 0.579. The van der Waals surface area contributed by atoms with E-state index in [1.165, 1.54) is 0 Å². The number of piperidine rings is 1. The number of carbonyl (C=O) groups excluding carboxylic acids is 2. The number of benzene rings is 1. The van der Waals surface area contributed by atoms with Crippen LogP contribution in [0.25, 0.3) is 0 Å². The molecule has 142 valence electrons. The molecule has 0 saturated carbocycles. The standard InChI is InChI=1S/C19H25Cl2N3O2/c1-12(22)13-6-9-23(10-7-13)19(26)17-3-2-8-24(17)18(25)14-4-5-15(20)16(21)11-14/h4-5,11-13,17H,2-3,6-10,22H2,1H3. The van der Waals surface area contributed by atoms with Gasteiger partial charge in [-0.05, 0) is 56.7 Å². The molecule has 2 aliphatic rings. The maximum absolute atomic E-state index is 13.0. The van der Waals surface area contributed by atoms with Gasteiger partial charge >= 0.3 is 0 Å². The molecule has 26 heavy (non-hydrogen) atoms. The van der Waals surface area contributed by atoms with Crippen molar-refractivity contribution in [3.63, 3.8) is 0 Å². The fourth-order valence-electron chi connectivity index (χ4n) is 3.92. The largest absolute Gasteiger partial charge is 0.341 e. The van der Waals surface area contributed by atoms with Crippen LogP contribution in [-0.4, -0.2) is 53.3 Å². The smallest absolute Gasteiger partial charge is 0.254 e. The summed E-state index contributed by atoms with van der Waals surface area (Å²) in [6, 6.07) is 4.61. The topological polar surface area (TPSA) is 66.6 Å². The summed E-state index contributed by atoms with van der Waals surface area (Å²) in [5.74, 6) is 0.362. The number of hydrogen-bond donors (Lipinski definition) is 1. The van der Waals surface area contributed by atoms with Crippen molar-refractivity contribution in [3.8, 4) is 0 Å². The van der Waals surface area contributed by atoms with Gasteiger partial charge in [0.25, 0.3) is 5.91 Å². The number of hydrogen-bond acceptors (Lipinski definition) is 3. The van der Waals surface area contributed by atoms with E-state index in [0.29, 0.717) is 34.5 Å². The Bertz CT molecular complexity index is 687. The molecule has 0 radical (unpaired) electrons. The molecule has 0 aliphatic carbocycles. The number of nitrogens with two attached hydrogens (primary N) is 1. The highest BCUT2D eigenvalue weighted by molar-refractivity contribution is 6.42. The van der Waals surface area contributed by atoms with E-state index in [1.54, 1.807) is 23.1 Å². The van der Waals surface area contributed by atoms with Gasteiger partial charge in [-0.25, -0.2) is 0 Å². The maximum atomic E-state index is 13.0. The third-order valence-electron chi connectivity index (χ3n) is 5.56. The molecule has 1 aromatic carbocycles. The molecule has 2 unspecified atom stereocenters. The first kappa shape index (κ1) is 19.5. The second-order valence-electron chi connectivity index (χ2n) is 7.31. The van der Waals surface area contributed by atoms with Gasteiger partial charge in [0.05, 0.1) is 10.0 Å². The van der Waals surface area contributed by atoms with E-state index in [4.69, 9.17) is 28.9 Å². The molecule has 3 rings (SSSR count). The van der Waals surface area contributed by atoms with E-state index in [2.05, 4.69) is 0 Å². The summed E-state index contributed by atoms with van der Waals surface area (Å²) >= 11 is 12.0. The Kier molecular flexibility index (Phi) is 6.10. The summed E-state index contributed by atoms with van der Waals surface area (Å²) in [5, 5.41) is 0.756. The number of nitrogens with zero attached hydrogens (tertiary/aromatic N) is 2. The Morgan fingerprint density at radius 1 is 1.12 bits per heavy atom. The van der Waals surface area contributed by atoms with Gasteiger partial charge in [0.2, 0.25) is 5.91 Å². The average Bonchev–Trinajstić information content (AvgIpc) is 3.12. The van der Waals surface area contributed by atoms with Crippen molar-refractivity contribution < 1.29 is 9.59 Å². The minimum atomic E-state index is -0.385. The predicted molar refractivity (Wildman–Crippen MR) is 103 cm³/mol. The highest BCUT2D eigenvalue weighted by Gasteiger charge is 2.38. The quantitative estimate of drug-likeness (QED) is 0.851. The van der Waals surface area contributed by atoms with E-state index >= 15 is 0 Å². The molecule has 2 heterocycles. The SMILES string of the molecule is CC(N)C1CCN(C(=O)C2CCCN2C(=O)c2ccc(Cl)c(Cl)c2)CC1. The van der Waals surface area contributed by atoms with Crippen molar-refractivity contribution in [2.45, 2.75) is 44.7 Å². The van der Waals surface area contributed by atoms with Crippen LogP contribution in [0.4, 0.5) is 0 Å². The van der Waals surface area contributed by atoms with Crippen LogP contribution < -0.4 is 5.73 Å². The van der Waals surface area contributed by atoms with Crippen LogP contribution >= 0.6 is 23.2 Å². The Balaban J connectivity index is 1.68. The minimum absolute atomic E-state index is 0.0547. The second kappa shape index (κ2) is 8.15. The highest BCUT2D eigenvalue weighted by atomic mass is 35.5. The highest BCUT2D eigenvalue weighted by Crippen LogP contribution is 2.28. The average molecular weight is 398 g/mol. The Morgan fingerprint density at radius 2 is 1.81 bits per heavy atom. The number of likely N-dealkylation sites (tertiary alicyclic amines) is 2. The molecule has 0 aromatic heterocycles. The molecule has 2 aliphatic heterocycles. The monoisotopic (exact) mass is 397 g/mol. The van der Waals surface area contributed by atoms with Crippen LogP contribution in [-0.2, 0) is 4.79 Å². The first-order valence-corrected chi connectivity index (χ1v) is 9.94. The van der Waals surface area contributed by atoms with Crippen LogP contribution in [0.3, 0.4) is 0 Å². The number of halogens is 2. The summed E-state index contributed by atoms with van der Waals surface area (Å²) in [6.45, 7) is 4.05. The summed E-state index contributed by atoms with van der Waals surface area (Å²) < 4.78 is 0. The van der Waals surface area contributed by atoms with E-state index in [9.17, 15) is 9.59 Å². The number of carbonyl (C=O) groups is 2. The molecule has 1 aromatic rings. The molecule has 2 atom stereocenters. The van der Waals surface area contributed by atoms with Crippen molar-refractivity contribution in [2.75, 3.05) is 19.6 Å². The van der Waals surface area contributed by atoms with Crippen molar-refractivity contribution in [3.05, 3.63) is 33.8 Å². The van der Waals surface area contributed by atoms with Gasteiger partial charge in [0.15, 0.2) is 0 Å². The number of rotatable bonds is 3. The lowest BCUT2D eigenvalue weighted by Gasteiger charge is -2.36. The fourth-order valence-corrected chi connectivity index (χ4v) is 4.22. The zero-order valence-corrected chi connectivity index (χ0v) is 16.5. The molecule has 2 saturated heterocycles. The summed E-state index contributed by atoms with van der Waals surface area (Å²) in [5.41, 5.74) is 6.45. The molecule has 7 heteroatoms. The van der Waals surface area contributed by atoms with Gasteiger partial charge < -0.3 is 15.5 Å². The van der Waals surface area contributed by atoms with E-state index in [1.807, 2.05) is 11.8 Å². The lowest BCUT2D eigenvalue weighted by atomic mass is 9.90. The van der Waals surface area contributed by atoms with E-state index in [0.717, 1.165) is 32.4 Å². The van der Waals surface area contributed by atoms with Gasteiger partial charge in [0.1, 0.15) is 6.04 Å². The molecule has 5 nitrogen and oxygen atoms in total. The lowest BCUT2D eigenvalue weighted by Crippen LogP contribution is -2.51. The third kappa shape index (κ3) is 4.00. The summed E-state index contributed by atoms with van der Waals surface area (Å²) in [7, 11) is 0. The van der Waals surface area contributed by atoms with Crippen LogP contribution in [0, 0.1) is 5.92 Å². The number of amides is 2. The molecule has 2 amide bonds. The normalized spacial score (nSPS) is 22.5. The third-order valence-corrected chi connectivity index (χ3v) is 6.30. The van der Waals surface area contributed by atoms with Gasteiger partial charge in [0, 0.05) is 31.2 Å². The lowest BCUT2D eigenvalue weighted by molar-refractivity contribution is -0.136. The van der Waals surface area contributed by atoms with E-state index in [-0.39, 0.29) is 23.9 Å². The summed E-state index contributed by atoms with van der Waals surface area (Å²) in [6.07, 6.45) is 3.40. The molecular weight excluding hydrogens is 373 g/mol. The zero-order chi connectivity index (χ0) is 18.8. The second-order valence-corrected chi connectivity index (χ2v) is 8.12. The Morgan fingerprint density at radius 3 is 2.42 bits per heavy atom. The predicted octanol–water partition coefficient (Wildman–Crippen LogP) is 3.18. The zero-order valence-electron chi connectivity index (χ0n) is 15.0. The van der Waals surface area contributed by atoms with Crippen molar-refractivity contribution in [2.24, 2.45) is 11.7 Å². The van der Waals surface area contributed by atoms with Crippen LogP contribution in [0.5, 0.6) is 0 Å². The first-order valence-electron chi connectivity index (χ1n) is 9.19.